The van der Waals surface area contributed by atoms with Crippen molar-refractivity contribution in [3.8, 4) is 17.2 Å². The molecule has 0 unspecified atom stereocenters. The van der Waals surface area contributed by atoms with E-state index < -0.39 is 5.79 Å². The number of allylic oxidation sites excluding steroid dienone is 2. The van der Waals surface area contributed by atoms with Crippen LogP contribution in [0.5, 0.6) is 17.2 Å². The molecule has 6 heteroatoms. The highest BCUT2D eigenvalue weighted by molar-refractivity contribution is 5.72. The van der Waals surface area contributed by atoms with Crippen molar-refractivity contribution < 1.29 is 29.6 Å². The van der Waals surface area contributed by atoms with Gasteiger partial charge in [0.15, 0.2) is 0 Å². The molecule has 0 saturated heterocycles. The van der Waals surface area contributed by atoms with Crippen molar-refractivity contribution in [3.05, 3.63) is 42.5 Å². The number of carbonyl (C=O) groups is 1. The van der Waals surface area contributed by atoms with Crippen molar-refractivity contribution >= 4 is 5.97 Å². The first-order valence-electron chi connectivity index (χ1n) is 12.2. The van der Waals surface area contributed by atoms with E-state index in [2.05, 4.69) is 6.92 Å². The van der Waals surface area contributed by atoms with Gasteiger partial charge in [0.2, 0.25) is 5.79 Å². The van der Waals surface area contributed by atoms with Gasteiger partial charge in [-0.15, -0.1) is 0 Å². The molecule has 3 N–H and O–H groups in total. The first kappa shape index (κ1) is 28.7. The number of hydrogen-bond acceptors (Lipinski definition) is 6. The molecule has 1 aromatic rings. The fraction of sp³-hybridized carbons (Fsp3) is 0.593. The van der Waals surface area contributed by atoms with Gasteiger partial charge in [-0.3, -0.25) is 4.79 Å². The van der Waals surface area contributed by atoms with Gasteiger partial charge in [0.05, 0.1) is 6.10 Å². The predicted molar refractivity (Wildman–Crippen MR) is 131 cm³/mol. The average molecular weight is 463 g/mol. The molecule has 33 heavy (non-hydrogen) atoms. The van der Waals surface area contributed by atoms with Crippen LogP contribution in [-0.4, -0.2) is 33.2 Å². The van der Waals surface area contributed by atoms with Crippen LogP contribution >= 0.6 is 0 Å². The van der Waals surface area contributed by atoms with E-state index in [9.17, 15) is 20.1 Å². The van der Waals surface area contributed by atoms with Crippen molar-refractivity contribution in [1.82, 2.24) is 0 Å². The molecule has 1 rings (SSSR count). The van der Waals surface area contributed by atoms with Crippen LogP contribution in [0.15, 0.2) is 42.5 Å². The third-order valence-electron chi connectivity index (χ3n) is 4.92. The van der Waals surface area contributed by atoms with E-state index >= 15 is 0 Å². The van der Waals surface area contributed by atoms with Crippen LogP contribution in [0.25, 0.3) is 0 Å². The number of benzene rings is 1. The van der Waals surface area contributed by atoms with Crippen LogP contribution in [0.3, 0.4) is 0 Å². The third-order valence-corrected chi connectivity index (χ3v) is 4.92. The Balaban J connectivity index is 2.16. The summed E-state index contributed by atoms with van der Waals surface area (Å²) in [7, 11) is 0. The lowest BCUT2D eigenvalue weighted by Crippen LogP contribution is -2.21. The van der Waals surface area contributed by atoms with Gasteiger partial charge in [0, 0.05) is 24.6 Å². The van der Waals surface area contributed by atoms with E-state index in [1.807, 2.05) is 19.9 Å². The van der Waals surface area contributed by atoms with Gasteiger partial charge in [0.25, 0.3) is 0 Å². The molecule has 0 fully saturated rings. The van der Waals surface area contributed by atoms with Crippen LogP contribution in [0.1, 0.15) is 91.4 Å². The molecule has 0 amide bonds. The van der Waals surface area contributed by atoms with Gasteiger partial charge in [-0.2, -0.15) is 0 Å². The van der Waals surface area contributed by atoms with Crippen molar-refractivity contribution in [1.29, 1.82) is 0 Å². The highest BCUT2D eigenvalue weighted by Crippen LogP contribution is 2.28. The fourth-order valence-corrected chi connectivity index (χ4v) is 3.28. The molecule has 0 aliphatic rings. The summed E-state index contributed by atoms with van der Waals surface area (Å²) in [5, 5.41) is 29.5. The van der Waals surface area contributed by atoms with Crippen LogP contribution in [-0.2, 0) is 4.79 Å². The lowest BCUT2D eigenvalue weighted by atomic mass is 10.1. The molecule has 0 spiro atoms. The maximum atomic E-state index is 12.0. The molecule has 0 aromatic heterocycles. The fourth-order valence-electron chi connectivity index (χ4n) is 3.28. The maximum absolute atomic E-state index is 12.0. The van der Waals surface area contributed by atoms with Crippen LogP contribution < -0.4 is 9.47 Å². The molecule has 6 nitrogen and oxygen atoms in total. The number of phenols is 1. The smallest absolute Gasteiger partial charge is 0.311 e. The van der Waals surface area contributed by atoms with Gasteiger partial charge in [-0.05, 0) is 58.1 Å². The number of unbranched alkanes of at least 4 members (excludes halogenated alkanes) is 8. The molecule has 0 heterocycles. The average Bonchev–Trinajstić information content (AvgIpc) is 2.71. The standard InChI is InChI=1S/C27H42O6/c1-4-5-6-11-14-17-27(30,31)18-15-12-9-7-8-10-13-16-26(29)33-25-20-23(28)19-24(21-25)32-22(2)3/h14-15,17-22,28,30-31H,4-13,16H2,1-3H3/b17-14-,18-15-. The zero-order valence-electron chi connectivity index (χ0n) is 20.5. The van der Waals surface area contributed by atoms with Crippen molar-refractivity contribution in [3.63, 3.8) is 0 Å². The number of aromatic hydroxyl groups is 1. The predicted octanol–water partition coefficient (Wildman–Crippen LogP) is 6.19. The molecule has 186 valence electrons. The highest BCUT2D eigenvalue weighted by atomic mass is 16.5. The first-order chi connectivity index (χ1) is 15.7. The highest BCUT2D eigenvalue weighted by Gasteiger charge is 2.12. The Morgan fingerprint density at radius 3 is 2.12 bits per heavy atom. The van der Waals surface area contributed by atoms with Crippen LogP contribution in [0, 0.1) is 0 Å². The third kappa shape index (κ3) is 15.2. The molecular weight excluding hydrogens is 420 g/mol. The number of aliphatic hydroxyl groups is 2. The minimum Gasteiger partial charge on any atom is -0.508 e. The Morgan fingerprint density at radius 1 is 0.909 bits per heavy atom. The number of hydrogen-bond donors (Lipinski definition) is 3. The number of esters is 1. The zero-order chi connectivity index (χ0) is 24.5. The summed E-state index contributed by atoms with van der Waals surface area (Å²) in [5.74, 6) is -1.47. The number of carbonyl (C=O) groups excluding carboxylic acids is 1. The largest absolute Gasteiger partial charge is 0.508 e. The SMILES string of the molecule is CCCCC/C=C\C(O)(O)/C=C\CCCCCCCC(=O)Oc1cc(O)cc(OC(C)C)c1. The Hall–Kier alpha value is -2.31. The minimum atomic E-state index is -1.87. The van der Waals surface area contributed by atoms with Gasteiger partial charge < -0.3 is 24.8 Å². The van der Waals surface area contributed by atoms with Crippen LogP contribution in [0.2, 0.25) is 0 Å². The van der Waals surface area contributed by atoms with Crippen molar-refractivity contribution in [2.75, 3.05) is 0 Å². The second-order valence-corrected chi connectivity index (χ2v) is 8.69. The number of phenolic OH excluding ortho intramolecular Hbond substituents is 1. The summed E-state index contributed by atoms with van der Waals surface area (Å²) in [4.78, 5) is 12.0. The summed E-state index contributed by atoms with van der Waals surface area (Å²) in [6, 6.07) is 4.48. The summed E-state index contributed by atoms with van der Waals surface area (Å²) >= 11 is 0. The molecule has 0 aliphatic carbocycles. The summed E-state index contributed by atoms with van der Waals surface area (Å²) in [5.41, 5.74) is 0. The maximum Gasteiger partial charge on any atom is 0.311 e. The molecule has 0 atom stereocenters. The van der Waals surface area contributed by atoms with Gasteiger partial charge in [-0.25, -0.2) is 0 Å². The van der Waals surface area contributed by atoms with Crippen LogP contribution in [0.4, 0.5) is 0 Å². The molecule has 1 aromatic carbocycles. The summed E-state index contributed by atoms with van der Waals surface area (Å²) in [6.45, 7) is 5.90. The molecule has 0 radical (unpaired) electrons. The summed E-state index contributed by atoms with van der Waals surface area (Å²) in [6.07, 6.45) is 16.4. The molecule has 0 bridgehead atoms. The Morgan fingerprint density at radius 2 is 1.48 bits per heavy atom. The molecule has 0 aliphatic heterocycles. The second kappa shape index (κ2) is 16.3. The quantitative estimate of drug-likeness (QED) is 0.0840. The number of ether oxygens (including phenoxy) is 2. The monoisotopic (exact) mass is 462 g/mol. The van der Waals surface area contributed by atoms with E-state index in [-0.39, 0.29) is 23.6 Å². The molecule has 0 saturated carbocycles. The van der Waals surface area contributed by atoms with E-state index in [0.717, 1.165) is 64.2 Å². The Kier molecular flexibility index (Phi) is 14.2. The zero-order valence-corrected chi connectivity index (χ0v) is 20.5. The van der Waals surface area contributed by atoms with E-state index in [1.54, 1.807) is 12.1 Å². The topological polar surface area (TPSA) is 96.2 Å². The number of rotatable bonds is 17. The van der Waals surface area contributed by atoms with Crippen molar-refractivity contribution in [2.45, 2.75) is 103 Å². The van der Waals surface area contributed by atoms with E-state index in [0.29, 0.717) is 12.2 Å². The minimum absolute atomic E-state index is 0.00682. The van der Waals surface area contributed by atoms with E-state index in [1.165, 1.54) is 24.3 Å². The lowest BCUT2D eigenvalue weighted by molar-refractivity contribution is -0.134. The van der Waals surface area contributed by atoms with Gasteiger partial charge in [0.1, 0.15) is 17.2 Å². The Bertz CT molecular complexity index is 736. The van der Waals surface area contributed by atoms with E-state index in [4.69, 9.17) is 9.47 Å². The van der Waals surface area contributed by atoms with Gasteiger partial charge in [-0.1, -0.05) is 51.2 Å². The second-order valence-electron chi connectivity index (χ2n) is 8.69. The first-order valence-corrected chi connectivity index (χ1v) is 12.2. The van der Waals surface area contributed by atoms with Crippen molar-refractivity contribution in [2.24, 2.45) is 0 Å². The lowest BCUT2D eigenvalue weighted by Gasteiger charge is -2.12. The Labute approximate surface area is 198 Å². The normalized spacial score (nSPS) is 12.2. The van der Waals surface area contributed by atoms with Gasteiger partial charge >= 0.3 is 5.97 Å². The molecular formula is C27H42O6. The summed E-state index contributed by atoms with van der Waals surface area (Å²) < 4.78 is 10.8.